The van der Waals surface area contributed by atoms with Crippen LogP contribution >= 0.6 is 27.3 Å². The van der Waals surface area contributed by atoms with Gasteiger partial charge in [-0.2, -0.15) is 18.3 Å². The first-order valence-electron chi connectivity index (χ1n) is 5.46. The van der Waals surface area contributed by atoms with Crippen LogP contribution in [0.25, 0.3) is 0 Å². The molecule has 0 unspecified atom stereocenters. The summed E-state index contributed by atoms with van der Waals surface area (Å²) in [6, 6.07) is 4.55. The predicted octanol–water partition coefficient (Wildman–Crippen LogP) is 3.04. The molecule has 2 aromatic rings. The molecule has 0 atom stereocenters. The molecule has 0 saturated carbocycles. The van der Waals surface area contributed by atoms with Gasteiger partial charge in [-0.25, -0.2) is 0 Å². The monoisotopic (exact) mass is 367 g/mol. The Labute approximate surface area is 124 Å². The number of nitrogens with zero attached hydrogens (tertiary/aromatic N) is 2. The molecule has 2 heterocycles. The van der Waals surface area contributed by atoms with Gasteiger partial charge in [-0.05, 0) is 34.1 Å². The summed E-state index contributed by atoms with van der Waals surface area (Å²) in [5.74, 6) is -0.397. The molecule has 0 aliphatic heterocycles. The van der Waals surface area contributed by atoms with E-state index in [0.29, 0.717) is 6.54 Å². The number of hydrogen-bond acceptors (Lipinski definition) is 3. The normalized spacial score (nSPS) is 11.6. The highest BCUT2D eigenvalue weighted by atomic mass is 79.9. The molecule has 2 rings (SSSR count). The lowest BCUT2D eigenvalue weighted by atomic mass is 10.4. The van der Waals surface area contributed by atoms with Gasteiger partial charge in [0.15, 0.2) is 5.69 Å². The van der Waals surface area contributed by atoms with Crippen LogP contribution in [0.3, 0.4) is 0 Å². The SMILES string of the molecule is O=C(Cn1ccc(C(F)(F)F)n1)NCc1ccc(Br)s1. The molecule has 9 heteroatoms. The lowest BCUT2D eigenvalue weighted by Crippen LogP contribution is -2.27. The van der Waals surface area contributed by atoms with Crippen molar-refractivity contribution < 1.29 is 18.0 Å². The summed E-state index contributed by atoms with van der Waals surface area (Å²) in [7, 11) is 0. The second kappa shape index (κ2) is 5.96. The van der Waals surface area contributed by atoms with Crippen LogP contribution in [0.5, 0.6) is 0 Å². The molecule has 1 amide bonds. The molecule has 4 nitrogen and oxygen atoms in total. The number of hydrogen-bond donors (Lipinski definition) is 1. The molecule has 0 aliphatic carbocycles. The van der Waals surface area contributed by atoms with Crippen molar-refractivity contribution in [3.8, 4) is 0 Å². The Morgan fingerprint density at radius 2 is 2.15 bits per heavy atom. The summed E-state index contributed by atoms with van der Waals surface area (Å²) in [6.45, 7) is 0.0884. The average Bonchev–Trinajstić information content (AvgIpc) is 2.95. The maximum Gasteiger partial charge on any atom is 0.435 e. The van der Waals surface area contributed by atoms with E-state index in [2.05, 4.69) is 26.3 Å². The zero-order valence-electron chi connectivity index (χ0n) is 9.95. The van der Waals surface area contributed by atoms with E-state index in [-0.39, 0.29) is 6.54 Å². The van der Waals surface area contributed by atoms with Crippen molar-refractivity contribution in [2.75, 3.05) is 0 Å². The molecule has 1 N–H and O–H groups in total. The molecule has 0 radical (unpaired) electrons. The van der Waals surface area contributed by atoms with Crippen LogP contribution < -0.4 is 5.32 Å². The van der Waals surface area contributed by atoms with E-state index in [1.54, 1.807) is 0 Å². The lowest BCUT2D eigenvalue weighted by molar-refractivity contribution is -0.141. The second-order valence-electron chi connectivity index (χ2n) is 3.88. The van der Waals surface area contributed by atoms with Gasteiger partial charge in [0.05, 0.1) is 10.3 Å². The van der Waals surface area contributed by atoms with E-state index in [0.717, 1.165) is 25.6 Å². The lowest BCUT2D eigenvalue weighted by Gasteiger charge is -2.04. The van der Waals surface area contributed by atoms with Gasteiger partial charge in [-0.1, -0.05) is 0 Å². The van der Waals surface area contributed by atoms with Crippen LogP contribution in [0, 0.1) is 0 Å². The quantitative estimate of drug-likeness (QED) is 0.902. The molecule has 20 heavy (non-hydrogen) atoms. The van der Waals surface area contributed by atoms with E-state index in [1.807, 2.05) is 12.1 Å². The Bertz CT molecular complexity index is 608. The van der Waals surface area contributed by atoms with Crippen molar-refractivity contribution in [3.63, 3.8) is 0 Å². The van der Waals surface area contributed by atoms with Crippen molar-refractivity contribution in [2.24, 2.45) is 0 Å². The summed E-state index contributed by atoms with van der Waals surface area (Å²) in [5.41, 5.74) is -1.01. The topological polar surface area (TPSA) is 46.9 Å². The summed E-state index contributed by atoms with van der Waals surface area (Å²) in [4.78, 5) is 12.5. The molecule has 0 bridgehead atoms. The largest absolute Gasteiger partial charge is 0.435 e. The first-order chi connectivity index (χ1) is 9.34. The molecule has 0 fully saturated rings. The van der Waals surface area contributed by atoms with Crippen molar-refractivity contribution in [3.05, 3.63) is 38.8 Å². The summed E-state index contributed by atoms with van der Waals surface area (Å²) in [5, 5.41) is 5.92. The number of thiophene rings is 1. The fraction of sp³-hybridized carbons (Fsp3) is 0.273. The summed E-state index contributed by atoms with van der Waals surface area (Å²) in [6.07, 6.45) is -3.37. The zero-order valence-corrected chi connectivity index (χ0v) is 12.3. The minimum atomic E-state index is -4.50. The fourth-order valence-corrected chi connectivity index (χ4v) is 2.86. The number of carbonyl (C=O) groups is 1. The van der Waals surface area contributed by atoms with Gasteiger partial charge >= 0.3 is 6.18 Å². The number of carbonyl (C=O) groups excluding carboxylic acids is 1. The Morgan fingerprint density at radius 3 is 2.70 bits per heavy atom. The zero-order chi connectivity index (χ0) is 14.8. The predicted molar refractivity (Wildman–Crippen MR) is 71.1 cm³/mol. The van der Waals surface area contributed by atoms with Crippen molar-refractivity contribution >= 4 is 33.2 Å². The van der Waals surface area contributed by atoms with Gasteiger partial charge in [0.1, 0.15) is 6.54 Å². The van der Waals surface area contributed by atoms with E-state index < -0.39 is 17.8 Å². The standard InChI is InChI=1S/C11H9BrF3N3OS/c12-9-2-1-7(20-9)5-16-10(19)6-18-4-3-8(17-18)11(13,14)15/h1-4H,5-6H2,(H,16,19). The third kappa shape index (κ3) is 4.07. The minimum absolute atomic E-state index is 0.247. The van der Waals surface area contributed by atoms with Crippen molar-refractivity contribution in [2.45, 2.75) is 19.3 Å². The van der Waals surface area contributed by atoms with Gasteiger partial charge in [0.25, 0.3) is 0 Å². The van der Waals surface area contributed by atoms with Gasteiger partial charge in [0.2, 0.25) is 5.91 Å². The highest BCUT2D eigenvalue weighted by Crippen LogP contribution is 2.27. The van der Waals surface area contributed by atoms with Crippen LogP contribution in [0.4, 0.5) is 13.2 Å². The Morgan fingerprint density at radius 1 is 1.40 bits per heavy atom. The van der Waals surface area contributed by atoms with Crippen LogP contribution in [0.1, 0.15) is 10.6 Å². The number of nitrogens with one attached hydrogen (secondary N) is 1. The van der Waals surface area contributed by atoms with E-state index >= 15 is 0 Å². The molecule has 0 aliphatic rings. The van der Waals surface area contributed by atoms with Crippen LogP contribution in [-0.4, -0.2) is 15.7 Å². The molecule has 0 spiro atoms. The Hall–Kier alpha value is -1.35. The first kappa shape index (κ1) is 15.0. The number of alkyl halides is 3. The third-order valence-corrected chi connectivity index (χ3v) is 3.95. The van der Waals surface area contributed by atoms with Crippen LogP contribution in [-0.2, 0) is 24.1 Å². The average molecular weight is 368 g/mol. The summed E-state index contributed by atoms with van der Waals surface area (Å²) >= 11 is 4.77. The maximum absolute atomic E-state index is 12.3. The number of aromatic nitrogens is 2. The Balaban J connectivity index is 1.87. The molecular formula is C11H9BrF3N3OS. The van der Waals surface area contributed by atoms with Crippen LogP contribution in [0.15, 0.2) is 28.2 Å². The Kier molecular flexibility index (Phi) is 4.48. The molecule has 108 valence electrons. The smallest absolute Gasteiger partial charge is 0.350 e. The van der Waals surface area contributed by atoms with Gasteiger partial charge in [-0.15, -0.1) is 11.3 Å². The van der Waals surface area contributed by atoms with E-state index in [1.165, 1.54) is 11.3 Å². The highest BCUT2D eigenvalue weighted by Gasteiger charge is 2.33. The van der Waals surface area contributed by atoms with Crippen molar-refractivity contribution in [1.29, 1.82) is 0 Å². The molecule has 0 aromatic carbocycles. The summed E-state index contributed by atoms with van der Waals surface area (Å²) < 4.78 is 38.9. The van der Waals surface area contributed by atoms with Crippen molar-refractivity contribution in [1.82, 2.24) is 15.1 Å². The first-order valence-corrected chi connectivity index (χ1v) is 7.07. The minimum Gasteiger partial charge on any atom is -0.350 e. The molecule has 2 aromatic heterocycles. The van der Waals surface area contributed by atoms with Gasteiger partial charge in [-0.3, -0.25) is 9.48 Å². The van der Waals surface area contributed by atoms with E-state index in [9.17, 15) is 18.0 Å². The third-order valence-electron chi connectivity index (χ3n) is 2.33. The van der Waals surface area contributed by atoms with E-state index in [4.69, 9.17) is 0 Å². The molecule has 0 saturated heterocycles. The highest BCUT2D eigenvalue weighted by molar-refractivity contribution is 9.11. The number of halogens is 4. The number of rotatable bonds is 4. The van der Waals surface area contributed by atoms with Gasteiger partial charge in [0, 0.05) is 11.1 Å². The van der Waals surface area contributed by atoms with Crippen LogP contribution in [0.2, 0.25) is 0 Å². The molecular weight excluding hydrogens is 359 g/mol. The van der Waals surface area contributed by atoms with Gasteiger partial charge < -0.3 is 5.32 Å². The maximum atomic E-state index is 12.3. The fourth-order valence-electron chi connectivity index (χ4n) is 1.44. The number of amides is 1. The second-order valence-corrected chi connectivity index (χ2v) is 6.43.